The summed E-state index contributed by atoms with van der Waals surface area (Å²) in [6.07, 6.45) is 0. The minimum absolute atomic E-state index is 0.138. The van der Waals surface area contributed by atoms with E-state index in [2.05, 4.69) is 14.1 Å². The number of phenols is 1. The van der Waals surface area contributed by atoms with Crippen LogP contribution in [-0.2, 0) is 25.0 Å². The molecule has 1 aromatic rings. The number of amidine groups is 1. The third kappa shape index (κ3) is 3.31. The van der Waals surface area contributed by atoms with Crippen LogP contribution in [0.3, 0.4) is 0 Å². The molecule has 0 fully saturated rings. The largest absolute Gasteiger partial charge is 0.504 e. The Morgan fingerprint density at radius 2 is 1.92 bits per heavy atom. The van der Waals surface area contributed by atoms with E-state index >= 15 is 0 Å². The number of aromatic hydroxyl groups is 1. The van der Waals surface area contributed by atoms with Crippen LogP contribution in [0.15, 0.2) is 25.8 Å². The van der Waals surface area contributed by atoms with Crippen molar-refractivity contribution in [1.82, 2.24) is 4.31 Å². The Kier molecular flexibility index (Phi) is 4.77. The standard InChI is InChI=1S/C11H13ClN4O6S2/c1-16(2)23(18,19)9-6(12)4-5-7(8(9)17)13-10-11(22-3)15-24(20,21)14-10/h4-5,17H,1-3H3,(H,13,14). The van der Waals surface area contributed by atoms with Gasteiger partial charge in [-0.15, -0.1) is 8.80 Å². The molecule has 24 heavy (non-hydrogen) atoms. The first-order chi connectivity index (χ1) is 11.0. The van der Waals surface area contributed by atoms with Crippen LogP contribution in [0.5, 0.6) is 5.75 Å². The lowest BCUT2D eigenvalue weighted by Gasteiger charge is -2.16. The highest BCUT2D eigenvalue weighted by Crippen LogP contribution is 2.38. The average Bonchev–Trinajstić information content (AvgIpc) is 2.76. The van der Waals surface area contributed by atoms with Crippen molar-refractivity contribution in [2.24, 2.45) is 8.80 Å². The SMILES string of the molecule is COC1=NS(=O)(=O)N=C1Nc1ccc(Cl)c(S(=O)(=O)N(C)C)c1O. The van der Waals surface area contributed by atoms with E-state index in [0.717, 1.165) is 4.31 Å². The van der Waals surface area contributed by atoms with Crippen molar-refractivity contribution >= 4 is 49.3 Å². The third-order valence-corrected chi connectivity index (χ3v) is 6.00. The predicted octanol–water partition coefficient (Wildman–Crippen LogP) is 0.410. The summed E-state index contributed by atoms with van der Waals surface area (Å²) in [5.41, 5.74) is -0.138. The van der Waals surface area contributed by atoms with Crippen LogP contribution in [0.1, 0.15) is 0 Å². The molecule has 0 radical (unpaired) electrons. The van der Waals surface area contributed by atoms with Gasteiger partial charge in [-0.2, -0.15) is 8.42 Å². The highest BCUT2D eigenvalue weighted by Gasteiger charge is 2.30. The summed E-state index contributed by atoms with van der Waals surface area (Å²) in [7, 11) is -4.41. The predicted molar refractivity (Wildman–Crippen MR) is 88.4 cm³/mol. The molecule has 0 amide bonds. The Labute approximate surface area is 143 Å². The Morgan fingerprint density at radius 1 is 1.29 bits per heavy atom. The molecule has 1 heterocycles. The minimum atomic E-state index is -4.10. The first-order valence-electron chi connectivity index (χ1n) is 6.20. The molecule has 13 heteroatoms. The van der Waals surface area contributed by atoms with Gasteiger partial charge in [-0.25, -0.2) is 12.7 Å². The number of sulfonamides is 1. The number of halogens is 1. The quantitative estimate of drug-likeness (QED) is 0.705. The number of rotatable bonds is 3. The van der Waals surface area contributed by atoms with E-state index in [4.69, 9.17) is 16.3 Å². The number of nitrogens with one attached hydrogen (secondary N) is 1. The van der Waals surface area contributed by atoms with Gasteiger partial charge in [0.15, 0.2) is 5.75 Å². The van der Waals surface area contributed by atoms with Crippen LogP contribution in [0.2, 0.25) is 5.02 Å². The summed E-state index contributed by atoms with van der Waals surface area (Å²) in [5.74, 6) is -1.33. The number of hydrogen-bond acceptors (Lipinski definition) is 7. The van der Waals surface area contributed by atoms with Crippen LogP contribution >= 0.6 is 11.6 Å². The first-order valence-corrected chi connectivity index (χ1v) is 9.41. The van der Waals surface area contributed by atoms with Crippen molar-refractivity contribution in [3.05, 3.63) is 17.2 Å². The zero-order valence-electron chi connectivity index (χ0n) is 12.7. The van der Waals surface area contributed by atoms with Gasteiger partial charge in [0, 0.05) is 14.1 Å². The van der Waals surface area contributed by atoms with E-state index in [1.807, 2.05) is 0 Å². The molecule has 132 valence electrons. The van der Waals surface area contributed by atoms with E-state index < -0.39 is 30.9 Å². The van der Waals surface area contributed by atoms with Gasteiger partial charge in [-0.1, -0.05) is 11.6 Å². The van der Waals surface area contributed by atoms with Crippen LogP contribution in [0.25, 0.3) is 0 Å². The molecule has 1 aliphatic heterocycles. The molecule has 2 rings (SSSR count). The van der Waals surface area contributed by atoms with Gasteiger partial charge in [-0.05, 0) is 12.1 Å². The number of nitrogens with zero attached hydrogens (tertiary/aromatic N) is 3. The van der Waals surface area contributed by atoms with Crippen LogP contribution in [0, 0.1) is 0 Å². The molecular formula is C11H13ClN4O6S2. The van der Waals surface area contributed by atoms with Gasteiger partial charge in [0.05, 0.1) is 17.8 Å². The second kappa shape index (κ2) is 6.20. The van der Waals surface area contributed by atoms with E-state index in [-0.39, 0.29) is 22.4 Å². The van der Waals surface area contributed by atoms with E-state index in [0.29, 0.717) is 0 Å². The van der Waals surface area contributed by atoms with Gasteiger partial charge in [0.25, 0.3) is 5.90 Å². The molecule has 0 spiro atoms. The van der Waals surface area contributed by atoms with Crippen molar-refractivity contribution in [2.45, 2.75) is 4.90 Å². The molecular weight excluding hydrogens is 384 g/mol. The zero-order valence-corrected chi connectivity index (χ0v) is 15.1. The fourth-order valence-corrected chi connectivity index (χ4v) is 3.98. The summed E-state index contributed by atoms with van der Waals surface area (Å²) in [4.78, 5) is -0.531. The highest BCUT2D eigenvalue weighted by molar-refractivity contribution is 7.89. The third-order valence-electron chi connectivity index (χ3n) is 2.88. The number of hydrogen-bond donors (Lipinski definition) is 2. The maximum Gasteiger partial charge on any atom is 0.368 e. The summed E-state index contributed by atoms with van der Waals surface area (Å²) in [5, 5.41) is 12.5. The molecule has 0 aromatic heterocycles. The van der Waals surface area contributed by atoms with Gasteiger partial charge < -0.3 is 15.2 Å². The Bertz CT molecular complexity index is 953. The van der Waals surface area contributed by atoms with Crippen LogP contribution in [-0.4, -0.2) is 59.2 Å². The van der Waals surface area contributed by atoms with Gasteiger partial charge in [0.1, 0.15) is 4.90 Å². The average molecular weight is 397 g/mol. The molecule has 0 atom stereocenters. The van der Waals surface area contributed by atoms with Crippen molar-refractivity contribution < 1.29 is 26.7 Å². The number of anilines is 1. The first kappa shape index (κ1) is 18.4. The van der Waals surface area contributed by atoms with Crippen molar-refractivity contribution in [2.75, 3.05) is 26.5 Å². The Balaban J connectivity index is 2.54. The molecule has 1 aliphatic rings. The molecule has 2 N–H and O–H groups in total. The minimum Gasteiger partial charge on any atom is -0.504 e. The molecule has 0 unspecified atom stereocenters. The molecule has 1 aromatic carbocycles. The van der Waals surface area contributed by atoms with E-state index in [9.17, 15) is 21.9 Å². The van der Waals surface area contributed by atoms with Crippen LogP contribution < -0.4 is 5.32 Å². The van der Waals surface area contributed by atoms with Gasteiger partial charge >= 0.3 is 10.2 Å². The maximum atomic E-state index is 12.3. The monoisotopic (exact) mass is 396 g/mol. The number of methoxy groups -OCH3 is 1. The van der Waals surface area contributed by atoms with Crippen molar-refractivity contribution in [1.29, 1.82) is 0 Å². The smallest absolute Gasteiger partial charge is 0.368 e. The highest BCUT2D eigenvalue weighted by atomic mass is 35.5. The molecule has 0 aliphatic carbocycles. The number of phenolic OH excluding ortho intramolecular Hbond substituents is 1. The lowest BCUT2D eigenvalue weighted by atomic mass is 10.3. The second-order valence-electron chi connectivity index (χ2n) is 4.67. The molecule has 0 saturated carbocycles. The van der Waals surface area contributed by atoms with Crippen LogP contribution in [0.4, 0.5) is 5.69 Å². The maximum absolute atomic E-state index is 12.3. The van der Waals surface area contributed by atoms with Crippen molar-refractivity contribution in [3.63, 3.8) is 0 Å². The second-order valence-corrected chi connectivity index (χ2v) is 8.43. The fraction of sp³-hybridized carbons (Fsp3) is 0.273. The lowest BCUT2D eigenvalue weighted by Crippen LogP contribution is -2.24. The Hall–Kier alpha value is -1.89. The summed E-state index contributed by atoms with van der Waals surface area (Å²) < 4.78 is 59.5. The zero-order chi connectivity index (χ0) is 18.3. The molecule has 0 saturated heterocycles. The lowest BCUT2D eigenvalue weighted by molar-refractivity contribution is 0.412. The molecule has 0 bridgehead atoms. The summed E-state index contributed by atoms with van der Waals surface area (Å²) in [6, 6.07) is 2.49. The molecule has 10 nitrogen and oxygen atoms in total. The summed E-state index contributed by atoms with van der Waals surface area (Å²) in [6.45, 7) is 0. The topological polar surface area (TPSA) is 138 Å². The van der Waals surface area contributed by atoms with Gasteiger partial charge in [0.2, 0.25) is 15.9 Å². The van der Waals surface area contributed by atoms with Crippen molar-refractivity contribution in [3.8, 4) is 5.75 Å². The summed E-state index contributed by atoms with van der Waals surface area (Å²) >= 11 is 5.88. The van der Waals surface area contributed by atoms with Gasteiger partial charge in [-0.3, -0.25) is 0 Å². The Morgan fingerprint density at radius 3 is 2.46 bits per heavy atom. The number of benzene rings is 1. The van der Waals surface area contributed by atoms with E-state index in [1.165, 1.54) is 33.3 Å². The number of ether oxygens (including phenoxy) is 1. The fourth-order valence-electron chi connectivity index (χ4n) is 1.74. The van der Waals surface area contributed by atoms with E-state index in [1.54, 1.807) is 0 Å². The normalized spacial score (nSPS) is 16.7.